The van der Waals surface area contributed by atoms with Crippen LogP contribution in [0, 0.1) is 0 Å². The summed E-state index contributed by atoms with van der Waals surface area (Å²) in [5.41, 5.74) is 5.13. The number of imidazole rings is 1. The van der Waals surface area contributed by atoms with Crippen LogP contribution < -0.4 is 5.43 Å². The minimum absolute atomic E-state index is 0.360. The summed E-state index contributed by atoms with van der Waals surface area (Å²) in [4.78, 5) is 7.43. The summed E-state index contributed by atoms with van der Waals surface area (Å²) in [6.45, 7) is 0. The van der Waals surface area contributed by atoms with Crippen molar-refractivity contribution in [3.63, 3.8) is 0 Å². The van der Waals surface area contributed by atoms with Crippen molar-refractivity contribution in [2.75, 3.05) is 5.43 Å². The third-order valence-electron chi connectivity index (χ3n) is 2.83. The highest BCUT2D eigenvalue weighted by molar-refractivity contribution is 6.45. The van der Waals surface area contributed by atoms with Gasteiger partial charge in [-0.15, -0.1) is 0 Å². The van der Waals surface area contributed by atoms with Crippen molar-refractivity contribution in [3.05, 3.63) is 57.0 Å². The van der Waals surface area contributed by atoms with E-state index >= 15 is 0 Å². The van der Waals surface area contributed by atoms with E-state index in [9.17, 15) is 0 Å². The molecular weight excluding hydrogens is 331 g/mol. The van der Waals surface area contributed by atoms with E-state index in [1.54, 1.807) is 12.1 Å². The van der Waals surface area contributed by atoms with E-state index in [2.05, 4.69) is 20.5 Å². The van der Waals surface area contributed by atoms with E-state index < -0.39 is 0 Å². The van der Waals surface area contributed by atoms with Crippen molar-refractivity contribution in [1.82, 2.24) is 9.97 Å². The third-order valence-corrected chi connectivity index (χ3v) is 3.98. The summed E-state index contributed by atoms with van der Waals surface area (Å²) in [7, 11) is 0. The Labute approximate surface area is 135 Å². The van der Waals surface area contributed by atoms with Gasteiger partial charge in [0.1, 0.15) is 0 Å². The van der Waals surface area contributed by atoms with Crippen LogP contribution in [0.2, 0.25) is 15.1 Å². The molecule has 2 N–H and O–H groups in total. The quantitative estimate of drug-likeness (QED) is 0.402. The Morgan fingerprint density at radius 2 is 1.81 bits per heavy atom. The Morgan fingerprint density at radius 1 is 1.05 bits per heavy atom. The summed E-state index contributed by atoms with van der Waals surface area (Å²) in [6, 6.07) is 11.0. The second-order valence-electron chi connectivity index (χ2n) is 4.23. The van der Waals surface area contributed by atoms with Crippen molar-refractivity contribution in [1.29, 1.82) is 0 Å². The molecule has 21 heavy (non-hydrogen) atoms. The summed E-state index contributed by atoms with van der Waals surface area (Å²) < 4.78 is 0. The lowest BCUT2D eigenvalue weighted by atomic mass is 10.2. The Bertz CT molecular complexity index is 793. The highest BCUT2D eigenvalue weighted by atomic mass is 35.5. The number of aromatic nitrogens is 2. The molecule has 0 saturated heterocycles. The number of anilines is 1. The van der Waals surface area contributed by atoms with Crippen molar-refractivity contribution in [3.8, 4) is 0 Å². The lowest BCUT2D eigenvalue weighted by Crippen LogP contribution is -1.94. The van der Waals surface area contributed by atoms with E-state index in [0.29, 0.717) is 26.6 Å². The van der Waals surface area contributed by atoms with Crippen LogP contribution in [0.1, 0.15) is 5.56 Å². The Morgan fingerprint density at radius 3 is 2.62 bits per heavy atom. The first-order valence-corrected chi connectivity index (χ1v) is 7.16. The molecule has 0 radical (unpaired) electrons. The second-order valence-corrected chi connectivity index (χ2v) is 5.42. The molecule has 1 heterocycles. The first-order chi connectivity index (χ1) is 10.1. The van der Waals surface area contributed by atoms with E-state index in [1.165, 1.54) is 6.21 Å². The molecule has 7 heteroatoms. The fourth-order valence-corrected chi connectivity index (χ4v) is 2.46. The van der Waals surface area contributed by atoms with Gasteiger partial charge < -0.3 is 4.98 Å². The number of aromatic amines is 1. The van der Waals surface area contributed by atoms with Crippen molar-refractivity contribution >= 4 is 58.0 Å². The van der Waals surface area contributed by atoms with Gasteiger partial charge in [0, 0.05) is 5.56 Å². The number of para-hydroxylation sites is 2. The molecular formula is C14H9Cl3N4. The van der Waals surface area contributed by atoms with Crippen LogP contribution >= 0.6 is 34.8 Å². The minimum Gasteiger partial charge on any atom is -0.323 e. The van der Waals surface area contributed by atoms with Crippen molar-refractivity contribution in [2.24, 2.45) is 5.10 Å². The molecule has 0 aliphatic carbocycles. The zero-order valence-corrected chi connectivity index (χ0v) is 12.8. The molecule has 0 atom stereocenters. The Balaban J connectivity index is 1.82. The molecule has 0 bridgehead atoms. The Hall–Kier alpha value is -1.75. The van der Waals surface area contributed by atoms with E-state index in [1.807, 2.05) is 24.3 Å². The molecule has 0 aliphatic heterocycles. The maximum atomic E-state index is 6.09. The van der Waals surface area contributed by atoms with Crippen LogP contribution in [0.3, 0.4) is 0 Å². The lowest BCUT2D eigenvalue weighted by Gasteiger charge is -2.02. The van der Waals surface area contributed by atoms with Gasteiger partial charge in [0.2, 0.25) is 5.95 Å². The van der Waals surface area contributed by atoms with Crippen molar-refractivity contribution < 1.29 is 0 Å². The maximum Gasteiger partial charge on any atom is 0.222 e. The van der Waals surface area contributed by atoms with E-state index in [4.69, 9.17) is 34.8 Å². The monoisotopic (exact) mass is 338 g/mol. The number of fused-ring (bicyclic) bond motifs is 1. The molecule has 3 aromatic rings. The van der Waals surface area contributed by atoms with Gasteiger partial charge in [0.25, 0.3) is 0 Å². The van der Waals surface area contributed by atoms with Crippen LogP contribution in [0.5, 0.6) is 0 Å². The van der Waals surface area contributed by atoms with Gasteiger partial charge in [0.05, 0.1) is 32.3 Å². The summed E-state index contributed by atoms with van der Waals surface area (Å²) in [5, 5.41) is 5.33. The van der Waals surface area contributed by atoms with Gasteiger partial charge in [-0.3, -0.25) is 0 Å². The molecule has 0 saturated carbocycles. The zero-order valence-electron chi connectivity index (χ0n) is 10.6. The third kappa shape index (κ3) is 2.97. The number of hydrogen-bond acceptors (Lipinski definition) is 3. The topological polar surface area (TPSA) is 53.1 Å². The average Bonchev–Trinajstić information content (AvgIpc) is 2.89. The van der Waals surface area contributed by atoms with Gasteiger partial charge in [-0.05, 0) is 24.3 Å². The average molecular weight is 340 g/mol. The van der Waals surface area contributed by atoms with Gasteiger partial charge >= 0.3 is 0 Å². The van der Waals surface area contributed by atoms with Crippen LogP contribution in [-0.4, -0.2) is 16.2 Å². The van der Waals surface area contributed by atoms with Gasteiger partial charge in [-0.25, -0.2) is 10.4 Å². The number of halogens is 3. The predicted molar refractivity (Wildman–Crippen MR) is 88.8 cm³/mol. The number of hydrogen-bond donors (Lipinski definition) is 2. The summed E-state index contributed by atoms with van der Waals surface area (Å²) in [6.07, 6.45) is 1.50. The van der Waals surface area contributed by atoms with Crippen LogP contribution in [0.4, 0.5) is 5.95 Å². The number of hydrazone groups is 1. The highest BCUT2D eigenvalue weighted by Crippen LogP contribution is 2.30. The molecule has 0 spiro atoms. The maximum absolute atomic E-state index is 6.09. The fraction of sp³-hybridized carbons (Fsp3) is 0. The SMILES string of the molecule is Clc1ccc(Cl)c(/C=N\Nc2nc3ccccc3[nH]2)c1Cl. The van der Waals surface area contributed by atoms with Crippen LogP contribution in [0.25, 0.3) is 11.0 Å². The van der Waals surface area contributed by atoms with Crippen LogP contribution in [-0.2, 0) is 0 Å². The highest BCUT2D eigenvalue weighted by Gasteiger charge is 2.07. The molecule has 0 aliphatic rings. The number of benzene rings is 2. The first-order valence-electron chi connectivity index (χ1n) is 6.02. The Kier molecular flexibility index (Phi) is 4.01. The molecule has 0 unspecified atom stereocenters. The largest absolute Gasteiger partial charge is 0.323 e. The smallest absolute Gasteiger partial charge is 0.222 e. The second kappa shape index (κ2) is 5.93. The van der Waals surface area contributed by atoms with Gasteiger partial charge in [-0.2, -0.15) is 5.10 Å². The standard InChI is InChI=1S/C14H9Cl3N4/c15-9-5-6-10(16)13(17)8(9)7-18-21-14-19-11-3-1-2-4-12(11)20-14/h1-7H,(H2,19,20,21)/b18-7-. The predicted octanol–water partition coefficient (Wildman–Crippen LogP) is 4.97. The molecule has 4 nitrogen and oxygen atoms in total. The first kappa shape index (κ1) is 14.2. The molecule has 3 rings (SSSR count). The molecule has 1 aromatic heterocycles. The summed E-state index contributed by atoms with van der Waals surface area (Å²) >= 11 is 18.1. The van der Waals surface area contributed by atoms with E-state index in [-0.39, 0.29) is 0 Å². The molecule has 2 aromatic carbocycles. The van der Waals surface area contributed by atoms with E-state index in [0.717, 1.165) is 11.0 Å². The number of nitrogens with zero attached hydrogens (tertiary/aromatic N) is 2. The van der Waals surface area contributed by atoms with Gasteiger partial charge in [-0.1, -0.05) is 46.9 Å². The summed E-state index contributed by atoms with van der Waals surface area (Å²) in [5.74, 6) is 0.529. The number of rotatable bonds is 3. The number of nitrogens with one attached hydrogen (secondary N) is 2. The normalized spacial score (nSPS) is 11.4. The van der Waals surface area contributed by atoms with Gasteiger partial charge in [0.15, 0.2) is 0 Å². The van der Waals surface area contributed by atoms with Crippen molar-refractivity contribution in [2.45, 2.75) is 0 Å². The minimum atomic E-state index is 0.360. The zero-order chi connectivity index (χ0) is 14.8. The molecule has 106 valence electrons. The number of H-pyrrole nitrogens is 1. The lowest BCUT2D eigenvalue weighted by molar-refractivity contribution is 1.21. The fourth-order valence-electron chi connectivity index (χ4n) is 1.82. The molecule has 0 fully saturated rings. The molecule has 0 amide bonds. The van der Waals surface area contributed by atoms with Crippen LogP contribution in [0.15, 0.2) is 41.5 Å².